The number of ether oxygens (including phenoxy) is 1. The van der Waals surface area contributed by atoms with Crippen LogP contribution in [0.5, 0.6) is 5.75 Å². The molecule has 31 heavy (non-hydrogen) atoms. The van der Waals surface area contributed by atoms with Crippen LogP contribution in [0.3, 0.4) is 0 Å². The van der Waals surface area contributed by atoms with Crippen LogP contribution in [-0.2, 0) is 19.4 Å². The highest BCUT2D eigenvalue weighted by Gasteiger charge is 2.13. The van der Waals surface area contributed by atoms with Gasteiger partial charge in [0.05, 0.1) is 23.7 Å². The third kappa shape index (κ3) is 4.94. The van der Waals surface area contributed by atoms with Crippen molar-refractivity contribution >= 4 is 16.9 Å². The van der Waals surface area contributed by atoms with Gasteiger partial charge in [0.2, 0.25) is 0 Å². The molecule has 4 aromatic rings. The van der Waals surface area contributed by atoms with Gasteiger partial charge in [0.25, 0.3) is 5.91 Å². The number of nitrogens with one attached hydrogen (secondary N) is 1. The van der Waals surface area contributed by atoms with Gasteiger partial charge in [-0.1, -0.05) is 54.6 Å². The number of nitrogens with zero attached hydrogens (tertiary/aromatic N) is 2. The molecule has 158 valence electrons. The highest BCUT2D eigenvalue weighted by atomic mass is 16.5. The average Bonchev–Trinajstić information content (AvgIpc) is 3.17. The van der Waals surface area contributed by atoms with Crippen molar-refractivity contribution in [3.63, 3.8) is 0 Å². The Hall–Kier alpha value is -3.60. The van der Waals surface area contributed by atoms with E-state index in [4.69, 9.17) is 9.72 Å². The van der Waals surface area contributed by atoms with Crippen LogP contribution in [0.15, 0.2) is 78.9 Å². The number of carbonyl (C=O) groups excluding carboxylic acids is 1. The van der Waals surface area contributed by atoms with Gasteiger partial charge in [0, 0.05) is 19.5 Å². The maximum absolute atomic E-state index is 12.6. The molecule has 0 saturated heterocycles. The Morgan fingerprint density at radius 1 is 0.935 bits per heavy atom. The van der Waals surface area contributed by atoms with E-state index >= 15 is 0 Å². The fraction of sp³-hybridized carbons (Fsp3) is 0.231. The normalized spacial score (nSPS) is 10.9. The van der Waals surface area contributed by atoms with Crippen molar-refractivity contribution in [3.05, 3.63) is 95.8 Å². The lowest BCUT2D eigenvalue weighted by atomic mass is 10.1. The lowest BCUT2D eigenvalue weighted by molar-refractivity contribution is 0.0951. The van der Waals surface area contributed by atoms with Crippen LogP contribution in [0.25, 0.3) is 11.0 Å². The topological polar surface area (TPSA) is 56.1 Å². The van der Waals surface area contributed by atoms with Crippen LogP contribution < -0.4 is 10.1 Å². The van der Waals surface area contributed by atoms with Crippen LogP contribution >= 0.6 is 0 Å². The molecule has 1 amide bonds. The van der Waals surface area contributed by atoms with Crippen LogP contribution in [0, 0.1) is 0 Å². The number of rotatable bonds is 9. The van der Waals surface area contributed by atoms with Crippen LogP contribution in [0.2, 0.25) is 0 Å². The molecule has 3 aromatic carbocycles. The molecule has 0 radical (unpaired) electrons. The molecular weight excluding hydrogens is 386 g/mol. The maximum atomic E-state index is 12.6. The molecule has 4 rings (SSSR count). The highest BCUT2D eigenvalue weighted by molar-refractivity contribution is 5.96. The molecule has 0 unspecified atom stereocenters. The lowest BCUT2D eigenvalue weighted by Crippen LogP contribution is -2.27. The predicted molar refractivity (Wildman–Crippen MR) is 124 cm³/mol. The number of fused-ring (bicyclic) bond motifs is 1. The van der Waals surface area contributed by atoms with Gasteiger partial charge in [-0.05, 0) is 42.7 Å². The average molecular weight is 414 g/mol. The van der Waals surface area contributed by atoms with Gasteiger partial charge in [0.15, 0.2) is 0 Å². The summed E-state index contributed by atoms with van der Waals surface area (Å²) in [6.07, 6.45) is 2.73. The Morgan fingerprint density at radius 3 is 2.52 bits per heavy atom. The minimum absolute atomic E-state index is 0.135. The van der Waals surface area contributed by atoms with E-state index in [9.17, 15) is 4.79 Å². The molecule has 0 atom stereocenters. The summed E-state index contributed by atoms with van der Waals surface area (Å²) in [7, 11) is 1.57. The fourth-order valence-electron chi connectivity index (χ4n) is 3.87. The standard InChI is InChI=1S/C26H27N3O2/c1-31-24-16-8-5-13-21(24)26(30)27-18-17-25-28-22-14-6-7-15-23(22)29(25)19-9-12-20-10-3-2-4-11-20/h2-8,10-11,13-16H,9,12,17-19H2,1H3,(H,27,30). The van der Waals surface area contributed by atoms with Crippen LogP contribution in [-0.4, -0.2) is 29.1 Å². The third-order valence-corrected chi connectivity index (χ3v) is 5.41. The summed E-state index contributed by atoms with van der Waals surface area (Å²) in [6, 6.07) is 26.0. The summed E-state index contributed by atoms with van der Waals surface area (Å²) in [5.41, 5.74) is 4.02. The molecule has 0 bridgehead atoms. The highest BCUT2D eigenvalue weighted by Crippen LogP contribution is 2.19. The number of carbonyl (C=O) groups is 1. The van der Waals surface area contributed by atoms with Crippen LogP contribution in [0.1, 0.15) is 28.2 Å². The molecular formula is C26H27N3O2. The number of aryl methyl sites for hydroxylation is 2. The van der Waals surface area contributed by atoms with Gasteiger partial charge in [-0.2, -0.15) is 0 Å². The van der Waals surface area contributed by atoms with Crippen molar-refractivity contribution in [2.45, 2.75) is 25.8 Å². The number of methoxy groups -OCH3 is 1. The fourth-order valence-corrected chi connectivity index (χ4v) is 3.87. The van der Waals surface area contributed by atoms with Crippen molar-refractivity contribution < 1.29 is 9.53 Å². The van der Waals surface area contributed by atoms with E-state index < -0.39 is 0 Å². The summed E-state index contributed by atoms with van der Waals surface area (Å²) in [5, 5.41) is 3.00. The van der Waals surface area contributed by atoms with Crippen molar-refractivity contribution in [3.8, 4) is 5.75 Å². The second-order valence-corrected chi connectivity index (χ2v) is 7.46. The maximum Gasteiger partial charge on any atom is 0.255 e. The summed E-state index contributed by atoms with van der Waals surface area (Å²) in [6.45, 7) is 1.41. The third-order valence-electron chi connectivity index (χ3n) is 5.41. The van der Waals surface area contributed by atoms with Gasteiger partial charge in [-0.3, -0.25) is 4.79 Å². The zero-order valence-electron chi connectivity index (χ0n) is 17.8. The van der Waals surface area contributed by atoms with Crippen molar-refractivity contribution in [1.29, 1.82) is 0 Å². The van der Waals surface area contributed by atoms with Gasteiger partial charge in [-0.15, -0.1) is 0 Å². The molecule has 1 N–H and O–H groups in total. The Labute approximate surface area is 182 Å². The molecule has 0 aliphatic heterocycles. The number of aromatic nitrogens is 2. The SMILES string of the molecule is COc1ccccc1C(=O)NCCc1nc2ccccc2n1CCCc1ccccc1. The predicted octanol–water partition coefficient (Wildman–Crippen LogP) is 4.65. The van der Waals surface area contributed by atoms with E-state index in [0.29, 0.717) is 24.3 Å². The van der Waals surface area contributed by atoms with E-state index in [0.717, 1.165) is 36.2 Å². The number of para-hydroxylation sites is 3. The van der Waals surface area contributed by atoms with E-state index in [1.165, 1.54) is 5.56 Å². The van der Waals surface area contributed by atoms with Crippen molar-refractivity contribution in [1.82, 2.24) is 14.9 Å². The molecule has 0 saturated carbocycles. The quantitative estimate of drug-likeness (QED) is 0.435. The van der Waals surface area contributed by atoms with E-state index in [2.05, 4.69) is 40.2 Å². The van der Waals surface area contributed by atoms with Gasteiger partial charge in [0.1, 0.15) is 11.6 Å². The van der Waals surface area contributed by atoms with E-state index in [1.807, 2.05) is 36.4 Å². The van der Waals surface area contributed by atoms with E-state index in [1.54, 1.807) is 19.2 Å². The molecule has 0 aliphatic rings. The first-order chi connectivity index (χ1) is 15.3. The van der Waals surface area contributed by atoms with Gasteiger partial charge in [-0.25, -0.2) is 4.98 Å². The lowest BCUT2D eigenvalue weighted by Gasteiger charge is -2.11. The Balaban J connectivity index is 1.43. The molecule has 0 aliphatic carbocycles. The Kier molecular flexibility index (Phi) is 6.62. The number of hydrogen-bond acceptors (Lipinski definition) is 3. The summed E-state index contributed by atoms with van der Waals surface area (Å²) >= 11 is 0. The first-order valence-electron chi connectivity index (χ1n) is 10.7. The monoisotopic (exact) mass is 413 g/mol. The zero-order valence-corrected chi connectivity index (χ0v) is 17.8. The summed E-state index contributed by atoms with van der Waals surface area (Å²) in [5.74, 6) is 1.44. The molecule has 1 heterocycles. The van der Waals surface area contributed by atoms with Crippen molar-refractivity contribution in [2.75, 3.05) is 13.7 Å². The first kappa shape index (κ1) is 20.7. The molecule has 5 heteroatoms. The molecule has 0 spiro atoms. The molecule has 0 fully saturated rings. The van der Waals surface area contributed by atoms with Gasteiger partial charge >= 0.3 is 0 Å². The number of benzene rings is 3. The van der Waals surface area contributed by atoms with E-state index in [-0.39, 0.29) is 5.91 Å². The smallest absolute Gasteiger partial charge is 0.255 e. The Bertz CT molecular complexity index is 1150. The largest absolute Gasteiger partial charge is 0.496 e. The zero-order chi connectivity index (χ0) is 21.5. The van der Waals surface area contributed by atoms with Crippen molar-refractivity contribution in [2.24, 2.45) is 0 Å². The second kappa shape index (κ2) is 9.94. The number of amides is 1. The summed E-state index contributed by atoms with van der Waals surface area (Å²) in [4.78, 5) is 17.4. The Morgan fingerprint density at radius 2 is 1.68 bits per heavy atom. The minimum Gasteiger partial charge on any atom is -0.496 e. The number of imidazole rings is 1. The molecule has 1 aromatic heterocycles. The molecule has 5 nitrogen and oxygen atoms in total. The minimum atomic E-state index is -0.135. The first-order valence-corrected chi connectivity index (χ1v) is 10.7. The van der Waals surface area contributed by atoms with Crippen LogP contribution in [0.4, 0.5) is 0 Å². The summed E-state index contributed by atoms with van der Waals surface area (Å²) < 4.78 is 7.58. The second-order valence-electron chi connectivity index (χ2n) is 7.46. The van der Waals surface area contributed by atoms with Gasteiger partial charge < -0.3 is 14.6 Å². The number of hydrogen-bond donors (Lipinski definition) is 1.